The van der Waals surface area contributed by atoms with Gasteiger partial charge in [0.1, 0.15) is 18.4 Å². The number of nitrogens with one attached hydrogen (secondary N) is 3. The van der Waals surface area contributed by atoms with Gasteiger partial charge in [0.15, 0.2) is 0 Å². The Bertz CT molecular complexity index is 1220. The Morgan fingerprint density at radius 2 is 1.71 bits per heavy atom. The molecule has 1 aliphatic heterocycles. The van der Waals surface area contributed by atoms with Gasteiger partial charge in [-0.25, -0.2) is 4.79 Å². The number of amides is 3. The fourth-order valence-electron chi connectivity index (χ4n) is 5.71. The average molecular weight is 603 g/mol. The number of halogens is 2. The van der Waals surface area contributed by atoms with Gasteiger partial charge in [0, 0.05) is 28.9 Å². The van der Waals surface area contributed by atoms with Crippen LogP contribution in [-0.4, -0.2) is 42.8 Å². The van der Waals surface area contributed by atoms with E-state index in [0.29, 0.717) is 47.7 Å². The molecule has 220 valence electrons. The standard InChI is InChI=1S/C31H37Cl2N3O5/c32-24-10-4-8-21(14-24)16-28(22-9-5-11-25(33)17-22)41-31(40)36-27(15-20-6-2-1-3-7-20)30(39)35-26(19-37)18-23-12-13-34-29(23)38/h4-5,8-11,14,17,19-20,23,26-28H,1-3,6-7,12-13,15-16,18H2,(H,34,38)(H,35,39)(H,36,40)/t23-,26-,27-,28?/m0/s1. The van der Waals surface area contributed by atoms with Gasteiger partial charge in [-0.1, -0.05) is 79.6 Å². The Morgan fingerprint density at radius 3 is 2.37 bits per heavy atom. The van der Waals surface area contributed by atoms with E-state index in [1.807, 2.05) is 24.3 Å². The molecule has 1 saturated heterocycles. The first kappa shape index (κ1) is 30.8. The highest BCUT2D eigenvalue weighted by molar-refractivity contribution is 6.30. The third-order valence-electron chi connectivity index (χ3n) is 7.88. The number of benzene rings is 2. The average Bonchev–Trinajstić information content (AvgIpc) is 3.36. The molecule has 1 heterocycles. The number of rotatable bonds is 12. The minimum Gasteiger partial charge on any atom is -0.441 e. The van der Waals surface area contributed by atoms with Gasteiger partial charge in [-0.05, 0) is 60.6 Å². The summed E-state index contributed by atoms with van der Waals surface area (Å²) in [6.07, 6.45) is 6.10. The Labute approximate surface area is 250 Å². The van der Waals surface area contributed by atoms with Crippen LogP contribution in [0.5, 0.6) is 0 Å². The van der Waals surface area contributed by atoms with Crippen LogP contribution in [0, 0.1) is 11.8 Å². The predicted molar refractivity (Wildman–Crippen MR) is 158 cm³/mol. The highest BCUT2D eigenvalue weighted by Crippen LogP contribution is 2.29. The normalized spacial score (nSPS) is 19.5. The maximum absolute atomic E-state index is 13.4. The topological polar surface area (TPSA) is 114 Å². The highest BCUT2D eigenvalue weighted by Gasteiger charge is 2.32. The zero-order chi connectivity index (χ0) is 29.2. The molecule has 2 aliphatic rings. The molecule has 0 radical (unpaired) electrons. The molecule has 0 spiro atoms. The van der Waals surface area contributed by atoms with E-state index in [1.165, 1.54) is 0 Å². The monoisotopic (exact) mass is 601 g/mol. The minimum absolute atomic E-state index is 0.113. The zero-order valence-corrected chi connectivity index (χ0v) is 24.5. The van der Waals surface area contributed by atoms with Gasteiger partial charge >= 0.3 is 6.09 Å². The largest absolute Gasteiger partial charge is 0.441 e. The van der Waals surface area contributed by atoms with Crippen LogP contribution in [0.1, 0.15) is 68.6 Å². The molecular formula is C31H37Cl2N3O5. The molecule has 4 atom stereocenters. The predicted octanol–water partition coefficient (Wildman–Crippen LogP) is 5.55. The summed E-state index contributed by atoms with van der Waals surface area (Å²) in [5, 5.41) is 9.37. The van der Waals surface area contributed by atoms with Crippen molar-refractivity contribution in [1.29, 1.82) is 0 Å². The summed E-state index contributed by atoms with van der Waals surface area (Å²) < 4.78 is 5.90. The number of hydrogen-bond donors (Lipinski definition) is 3. The summed E-state index contributed by atoms with van der Waals surface area (Å²) in [4.78, 5) is 50.6. The molecule has 1 unspecified atom stereocenters. The molecule has 2 aromatic rings. The van der Waals surface area contributed by atoms with Crippen LogP contribution in [-0.2, 0) is 25.5 Å². The van der Waals surface area contributed by atoms with Crippen LogP contribution in [0.2, 0.25) is 10.0 Å². The molecule has 41 heavy (non-hydrogen) atoms. The van der Waals surface area contributed by atoms with E-state index < -0.39 is 30.2 Å². The minimum atomic E-state index is -0.892. The lowest BCUT2D eigenvalue weighted by Gasteiger charge is -2.28. The van der Waals surface area contributed by atoms with E-state index in [9.17, 15) is 19.2 Å². The van der Waals surface area contributed by atoms with Crippen molar-refractivity contribution >= 4 is 47.4 Å². The van der Waals surface area contributed by atoms with Crippen molar-refractivity contribution in [3.05, 3.63) is 69.7 Å². The van der Waals surface area contributed by atoms with Crippen molar-refractivity contribution in [1.82, 2.24) is 16.0 Å². The van der Waals surface area contributed by atoms with Crippen LogP contribution in [0.15, 0.2) is 48.5 Å². The second-order valence-corrected chi connectivity index (χ2v) is 11.9. The molecule has 0 bridgehead atoms. The van der Waals surface area contributed by atoms with Gasteiger partial charge in [0.25, 0.3) is 0 Å². The Kier molecular flexibility index (Phi) is 11.5. The van der Waals surface area contributed by atoms with E-state index in [2.05, 4.69) is 16.0 Å². The summed E-state index contributed by atoms with van der Waals surface area (Å²) in [5.41, 5.74) is 1.58. The van der Waals surface area contributed by atoms with E-state index in [4.69, 9.17) is 27.9 Å². The Hall–Kier alpha value is -3.10. The quantitative estimate of drug-likeness (QED) is 0.276. The van der Waals surface area contributed by atoms with Crippen LogP contribution < -0.4 is 16.0 Å². The first-order valence-corrected chi connectivity index (χ1v) is 15.1. The Balaban J connectivity index is 1.47. The molecule has 0 aromatic heterocycles. The van der Waals surface area contributed by atoms with Gasteiger partial charge < -0.3 is 25.5 Å². The third kappa shape index (κ3) is 9.47. The molecule has 10 heteroatoms. The molecule has 1 saturated carbocycles. The molecule has 1 aliphatic carbocycles. The summed E-state index contributed by atoms with van der Waals surface area (Å²) in [5.74, 6) is -0.633. The fourth-order valence-corrected chi connectivity index (χ4v) is 6.13. The molecular weight excluding hydrogens is 565 g/mol. The number of alkyl carbamates (subject to hydrolysis) is 1. The van der Waals surface area contributed by atoms with E-state index in [-0.39, 0.29) is 24.2 Å². The first-order chi connectivity index (χ1) is 19.8. The zero-order valence-electron chi connectivity index (χ0n) is 23.0. The molecule has 3 N–H and O–H groups in total. The van der Waals surface area contributed by atoms with Gasteiger partial charge in [-0.3, -0.25) is 9.59 Å². The summed E-state index contributed by atoms with van der Waals surface area (Å²) in [7, 11) is 0. The number of aldehydes is 1. The fraction of sp³-hybridized carbons (Fsp3) is 0.484. The number of carbonyl (C=O) groups excluding carboxylic acids is 4. The maximum Gasteiger partial charge on any atom is 0.408 e. The maximum atomic E-state index is 13.4. The SMILES string of the molecule is O=C[C@H](C[C@@H]1CCNC1=O)NC(=O)[C@H](CC1CCCCC1)NC(=O)OC(Cc1cccc(Cl)c1)c1cccc(Cl)c1. The number of carbonyl (C=O) groups is 4. The lowest BCUT2D eigenvalue weighted by atomic mass is 9.84. The van der Waals surface area contributed by atoms with Crippen LogP contribution in [0.25, 0.3) is 0 Å². The van der Waals surface area contributed by atoms with E-state index >= 15 is 0 Å². The highest BCUT2D eigenvalue weighted by atomic mass is 35.5. The van der Waals surface area contributed by atoms with E-state index in [0.717, 1.165) is 37.7 Å². The Morgan fingerprint density at radius 1 is 0.976 bits per heavy atom. The number of hydrogen-bond acceptors (Lipinski definition) is 5. The van der Waals surface area contributed by atoms with Crippen molar-refractivity contribution in [3.8, 4) is 0 Å². The van der Waals surface area contributed by atoms with Crippen molar-refractivity contribution < 1.29 is 23.9 Å². The summed E-state index contributed by atoms with van der Waals surface area (Å²) in [6.45, 7) is 0.559. The first-order valence-electron chi connectivity index (χ1n) is 14.3. The van der Waals surface area contributed by atoms with Crippen molar-refractivity contribution in [2.75, 3.05) is 6.54 Å². The van der Waals surface area contributed by atoms with Gasteiger partial charge in [-0.2, -0.15) is 0 Å². The molecule has 2 aromatic carbocycles. The van der Waals surface area contributed by atoms with Crippen molar-refractivity contribution in [2.45, 2.75) is 76.0 Å². The van der Waals surface area contributed by atoms with E-state index in [1.54, 1.807) is 24.3 Å². The summed E-state index contributed by atoms with van der Waals surface area (Å²) in [6, 6.07) is 12.7. The van der Waals surface area contributed by atoms with Gasteiger partial charge in [0.2, 0.25) is 11.8 Å². The van der Waals surface area contributed by atoms with Crippen LogP contribution >= 0.6 is 23.2 Å². The second kappa shape index (κ2) is 15.2. The number of ether oxygens (including phenoxy) is 1. The summed E-state index contributed by atoms with van der Waals surface area (Å²) >= 11 is 12.4. The molecule has 4 rings (SSSR count). The van der Waals surface area contributed by atoms with Gasteiger partial charge in [0.05, 0.1) is 6.04 Å². The van der Waals surface area contributed by atoms with Crippen molar-refractivity contribution in [2.24, 2.45) is 11.8 Å². The lowest BCUT2D eigenvalue weighted by Crippen LogP contribution is -2.51. The lowest BCUT2D eigenvalue weighted by molar-refractivity contribution is -0.127. The van der Waals surface area contributed by atoms with Crippen LogP contribution in [0.3, 0.4) is 0 Å². The molecule has 2 fully saturated rings. The molecule has 3 amide bonds. The second-order valence-electron chi connectivity index (χ2n) is 11.0. The molecule has 8 nitrogen and oxygen atoms in total. The smallest absolute Gasteiger partial charge is 0.408 e. The third-order valence-corrected chi connectivity index (χ3v) is 8.35. The van der Waals surface area contributed by atoms with Crippen molar-refractivity contribution in [3.63, 3.8) is 0 Å². The van der Waals surface area contributed by atoms with Gasteiger partial charge in [-0.15, -0.1) is 0 Å². The van der Waals surface area contributed by atoms with Crippen LogP contribution in [0.4, 0.5) is 4.79 Å².